The van der Waals surface area contributed by atoms with Crippen molar-refractivity contribution >= 4 is 17.5 Å². The summed E-state index contributed by atoms with van der Waals surface area (Å²) in [7, 11) is 0. The van der Waals surface area contributed by atoms with Crippen LogP contribution < -0.4 is 11.1 Å². The molecule has 23 heavy (non-hydrogen) atoms. The molecule has 1 aromatic rings. The second-order valence-electron chi connectivity index (χ2n) is 5.83. The van der Waals surface area contributed by atoms with Crippen LogP contribution in [-0.2, 0) is 0 Å². The lowest BCUT2D eigenvalue weighted by atomic mass is 10.1. The monoisotopic (exact) mass is 317 g/mol. The number of nitrogens with one attached hydrogen (secondary N) is 2. The van der Waals surface area contributed by atoms with Gasteiger partial charge in [0.25, 0.3) is 0 Å². The van der Waals surface area contributed by atoms with Crippen LogP contribution in [-0.4, -0.2) is 34.5 Å². The zero-order valence-electron chi connectivity index (χ0n) is 12.7. The highest BCUT2D eigenvalue weighted by Crippen LogP contribution is 2.32. The van der Waals surface area contributed by atoms with E-state index in [9.17, 15) is 9.50 Å². The number of hydrogen-bond acceptors (Lipinski definition) is 5. The fourth-order valence-electron chi connectivity index (χ4n) is 3.14. The van der Waals surface area contributed by atoms with E-state index < -0.39 is 0 Å². The first-order valence-corrected chi connectivity index (χ1v) is 7.65. The van der Waals surface area contributed by atoms with Crippen molar-refractivity contribution in [3.8, 4) is 0 Å². The summed E-state index contributed by atoms with van der Waals surface area (Å²) in [5.41, 5.74) is 6.21. The summed E-state index contributed by atoms with van der Waals surface area (Å²) in [6.45, 7) is 0.143. The van der Waals surface area contributed by atoms with Gasteiger partial charge in [0, 0.05) is 18.8 Å². The van der Waals surface area contributed by atoms with Crippen LogP contribution in [0.4, 0.5) is 10.1 Å². The molecule has 1 aliphatic carbocycles. The first kappa shape index (κ1) is 15.5. The number of para-hydroxylation sites is 1. The largest absolute Gasteiger partial charge is 0.403 e. The Hall–Kier alpha value is -2.41. The van der Waals surface area contributed by atoms with Crippen LogP contribution in [0, 0.1) is 17.1 Å². The predicted octanol–water partition coefficient (Wildman–Crippen LogP) is 1.85. The number of benzene rings is 1. The number of nitrogens with two attached hydrogens (primary N) is 1. The molecule has 0 radical (unpaired) electrons. The van der Waals surface area contributed by atoms with Crippen LogP contribution in [0.25, 0.3) is 0 Å². The van der Waals surface area contributed by atoms with Crippen molar-refractivity contribution in [1.82, 2.24) is 4.90 Å². The summed E-state index contributed by atoms with van der Waals surface area (Å²) in [4.78, 5) is 6.07. The number of aliphatic hydroxyl groups excluding tert-OH is 1. The molecule has 1 aliphatic heterocycles. The van der Waals surface area contributed by atoms with Crippen molar-refractivity contribution in [3.05, 3.63) is 42.0 Å². The molecule has 0 bridgehead atoms. The van der Waals surface area contributed by atoms with Gasteiger partial charge in [0.05, 0.1) is 5.69 Å². The maximum Gasteiger partial charge on any atom is 0.210 e. The molecule has 3 rings (SSSR count). The SMILES string of the molecule is N=C1/C(=C\N)N=C(Nc2ccccc2F)N1[C@H]1CC[C@@H](CO)C1. The number of aliphatic hydroxyl groups is 1. The zero-order valence-corrected chi connectivity index (χ0v) is 12.7. The van der Waals surface area contributed by atoms with Crippen molar-refractivity contribution in [1.29, 1.82) is 5.41 Å². The third kappa shape index (κ3) is 2.92. The highest BCUT2D eigenvalue weighted by Gasteiger charge is 2.37. The Kier molecular flexibility index (Phi) is 4.29. The third-order valence-electron chi connectivity index (χ3n) is 4.35. The summed E-state index contributed by atoms with van der Waals surface area (Å²) < 4.78 is 13.9. The Morgan fingerprint density at radius 2 is 2.22 bits per heavy atom. The minimum Gasteiger partial charge on any atom is -0.403 e. The van der Waals surface area contributed by atoms with Crippen LogP contribution in [0.3, 0.4) is 0 Å². The van der Waals surface area contributed by atoms with Crippen LogP contribution in [0.2, 0.25) is 0 Å². The lowest BCUT2D eigenvalue weighted by Crippen LogP contribution is -2.43. The van der Waals surface area contributed by atoms with E-state index in [0.29, 0.717) is 17.3 Å². The quantitative estimate of drug-likeness (QED) is 0.684. The number of aliphatic imine (C=N–C) groups is 1. The Balaban J connectivity index is 1.86. The van der Waals surface area contributed by atoms with Gasteiger partial charge in [-0.25, -0.2) is 9.38 Å². The third-order valence-corrected chi connectivity index (χ3v) is 4.35. The molecule has 1 heterocycles. The number of anilines is 1. The minimum atomic E-state index is -0.383. The Morgan fingerprint density at radius 1 is 1.43 bits per heavy atom. The van der Waals surface area contributed by atoms with Gasteiger partial charge in [0.15, 0.2) is 5.84 Å². The molecular weight excluding hydrogens is 297 g/mol. The fourth-order valence-corrected chi connectivity index (χ4v) is 3.14. The van der Waals surface area contributed by atoms with Gasteiger partial charge >= 0.3 is 0 Å². The average molecular weight is 317 g/mol. The first-order chi connectivity index (χ1) is 11.1. The average Bonchev–Trinajstić information content (AvgIpc) is 3.13. The smallest absolute Gasteiger partial charge is 0.210 e. The summed E-state index contributed by atoms with van der Waals surface area (Å²) in [6.07, 6.45) is 3.81. The van der Waals surface area contributed by atoms with E-state index in [0.717, 1.165) is 19.3 Å². The second-order valence-corrected chi connectivity index (χ2v) is 5.83. The summed E-state index contributed by atoms with van der Waals surface area (Å²) in [6, 6.07) is 6.38. The molecule has 1 fully saturated rings. The van der Waals surface area contributed by atoms with Gasteiger partial charge in [-0.3, -0.25) is 10.3 Å². The maximum absolute atomic E-state index is 13.9. The van der Waals surface area contributed by atoms with E-state index in [2.05, 4.69) is 10.3 Å². The van der Waals surface area contributed by atoms with Gasteiger partial charge in [-0.05, 0) is 37.3 Å². The summed E-state index contributed by atoms with van der Waals surface area (Å²) in [5.74, 6) is 0.454. The van der Waals surface area contributed by atoms with E-state index in [4.69, 9.17) is 11.1 Å². The second kappa shape index (κ2) is 6.37. The summed E-state index contributed by atoms with van der Waals surface area (Å²) in [5, 5.41) is 20.6. The van der Waals surface area contributed by atoms with E-state index in [1.54, 1.807) is 23.1 Å². The number of nitrogens with zero attached hydrogens (tertiary/aromatic N) is 2. The minimum absolute atomic E-state index is 0.0510. The van der Waals surface area contributed by atoms with Crippen LogP contribution in [0.5, 0.6) is 0 Å². The van der Waals surface area contributed by atoms with Crippen molar-refractivity contribution in [3.63, 3.8) is 0 Å². The topological polar surface area (TPSA) is 97.7 Å². The molecule has 0 aromatic heterocycles. The number of rotatable bonds is 3. The number of hydrogen-bond donors (Lipinski definition) is 4. The van der Waals surface area contributed by atoms with E-state index in [1.165, 1.54) is 12.3 Å². The molecule has 1 saturated carbocycles. The first-order valence-electron chi connectivity index (χ1n) is 7.65. The molecule has 2 atom stereocenters. The standard InChI is InChI=1S/C16H20FN5O/c17-12-3-1-2-4-13(12)20-16-21-14(8-18)15(19)22(16)11-6-5-10(7-11)9-23/h1-4,8,10-11,19,23H,5-7,9,18H2,(H,20,21)/b14-8+,19-15?/t10-,11+/m1/s1. The van der Waals surface area contributed by atoms with E-state index in [-0.39, 0.29) is 30.2 Å². The van der Waals surface area contributed by atoms with Crippen molar-refractivity contribution in [2.45, 2.75) is 25.3 Å². The molecule has 6 nitrogen and oxygen atoms in total. The maximum atomic E-state index is 13.9. The molecule has 2 aliphatic rings. The van der Waals surface area contributed by atoms with Gasteiger partial charge in [-0.2, -0.15) is 0 Å². The normalized spacial score (nSPS) is 26.0. The van der Waals surface area contributed by atoms with E-state index >= 15 is 0 Å². The van der Waals surface area contributed by atoms with Gasteiger partial charge in [-0.15, -0.1) is 0 Å². The molecule has 122 valence electrons. The highest BCUT2D eigenvalue weighted by atomic mass is 19.1. The van der Waals surface area contributed by atoms with Crippen molar-refractivity contribution < 1.29 is 9.50 Å². The highest BCUT2D eigenvalue weighted by molar-refractivity contribution is 6.17. The molecule has 0 unspecified atom stereocenters. The van der Waals surface area contributed by atoms with E-state index in [1.807, 2.05) is 0 Å². The predicted molar refractivity (Wildman–Crippen MR) is 87.5 cm³/mol. The summed E-state index contributed by atoms with van der Waals surface area (Å²) >= 11 is 0. The van der Waals surface area contributed by atoms with Crippen LogP contribution in [0.15, 0.2) is 41.2 Å². The molecule has 0 amide bonds. The zero-order chi connectivity index (χ0) is 16.4. The molecule has 0 spiro atoms. The molecule has 7 heteroatoms. The van der Waals surface area contributed by atoms with Crippen LogP contribution >= 0.6 is 0 Å². The Labute approximate surface area is 134 Å². The van der Waals surface area contributed by atoms with Crippen LogP contribution in [0.1, 0.15) is 19.3 Å². The molecular formula is C16H20FN5O. The fraction of sp³-hybridized carbons (Fsp3) is 0.375. The van der Waals surface area contributed by atoms with Gasteiger partial charge in [0.1, 0.15) is 11.5 Å². The number of halogens is 1. The Bertz CT molecular complexity index is 672. The molecule has 1 aromatic carbocycles. The van der Waals surface area contributed by atoms with Gasteiger partial charge in [-0.1, -0.05) is 12.1 Å². The lowest BCUT2D eigenvalue weighted by molar-refractivity contribution is 0.225. The lowest BCUT2D eigenvalue weighted by Gasteiger charge is -2.27. The number of amidine groups is 1. The van der Waals surface area contributed by atoms with Crippen molar-refractivity contribution in [2.24, 2.45) is 16.6 Å². The van der Waals surface area contributed by atoms with Gasteiger partial charge in [0.2, 0.25) is 5.96 Å². The molecule has 5 N–H and O–H groups in total. The van der Waals surface area contributed by atoms with Crippen molar-refractivity contribution in [2.75, 3.05) is 11.9 Å². The Morgan fingerprint density at radius 3 is 2.87 bits per heavy atom. The van der Waals surface area contributed by atoms with Gasteiger partial charge < -0.3 is 16.2 Å². The number of guanidine groups is 1. The molecule has 0 saturated heterocycles.